The predicted molar refractivity (Wildman–Crippen MR) is 177 cm³/mol. The number of allylic oxidation sites excluding steroid dienone is 5. The van der Waals surface area contributed by atoms with Gasteiger partial charge in [-0.15, -0.1) is 0 Å². The molecule has 4 N–H and O–H groups in total. The molecule has 0 aromatic heterocycles. The monoisotopic (exact) mass is 598 g/mol. The van der Waals surface area contributed by atoms with E-state index in [4.69, 9.17) is 11.5 Å². The van der Waals surface area contributed by atoms with Gasteiger partial charge in [-0.1, -0.05) is 46.4 Å². The van der Waals surface area contributed by atoms with Crippen LogP contribution in [-0.2, 0) is 11.2 Å². The molecule has 43 heavy (non-hydrogen) atoms. The summed E-state index contributed by atoms with van der Waals surface area (Å²) in [5.41, 5.74) is 14.3. The van der Waals surface area contributed by atoms with Crippen LogP contribution in [-0.4, -0.2) is 42.0 Å². The topological polar surface area (TPSA) is 96.1 Å². The number of hydrogen-bond donors (Lipinski definition) is 2. The van der Waals surface area contributed by atoms with Crippen LogP contribution in [0.15, 0.2) is 48.0 Å². The maximum atomic E-state index is 14.4. The fourth-order valence-corrected chi connectivity index (χ4v) is 5.17. The van der Waals surface area contributed by atoms with Gasteiger partial charge in [0.05, 0.1) is 11.6 Å². The lowest BCUT2D eigenvalue weighted by atomic mass is 9.83. The van der Waals surface area contributed by atoms with Crippen molar-refractivity contribution in [2.75, 3.05) is 19.6 Å². The second kappa shape index (κ2) is 17.5. The maximum Gasteiger partial charge on any atom is 0.158 e. The van der Waals surface area contributed by atoms with Crippen LogP contribution in [0.2, 0.25) is 0 Å². The molecule has 1 aliphatic rings. The summed E-state index contributed by atoms with van der Waals surface area (Å²) in [5.74, 6) is -0.235. The van der Waals surface area contributed by atoms with Crippen molar-refractivity contribution >= 4 is 11.4 Å². The Balaban J connectivity index is 0.000000712. The van der Waals surface area contributed by atoms with Gasteiger partial charge in [0.2, 0.25) is 0 Å². The van der Waals surface area contributed by atoms with Crippen LogP contribution in [0.1, 0.15) is 111 Å². The lowest BCUT2D eigenvalue weighted by Gasteiger charge is -2.34. The first-order valence-corrected chi connectivity index (χ1v) is 15.7. The Labute approximate surface area is 260 Å². The average Bonchev–Trinajstić information content (AvgIpc) is 2.94. The standard InChI is InChI=1S/C27H36F2N2O.C9H20N2/c1-6-22(16-26(28)19(2)20(3)32)24-10-9-23(25(15-24)17-30)8-7-21-11-13-31(14-12-21)18-27(4,5)29;1-5-8(11)6-9(3,4)7(2)10/h9-10,15-16,21H,6-8,11-14,18H2,1-5H3;8H,2,5-6,10-11H2,1,3-4H3/b22-16+,26-19-;. The van der Waals surface area contributed by atoms with Gasteiger partial charge in [-0.3, -0.25) is 4.79 Å². The molecule has 1 aliphatic heterocycles. The number of nitrogens with zero attached hydrogens (tertiary/aromatic N) is 2. The fourth-order valence-electron chi connectivity index (χ4n) is 5.17. The smallest absolute Gasteiger partial charge is 0.158 e. The van der Waals surface area contributed by atoms with Gasteiger partial charge in [0, 0.05) is 29.3 Å². The highest BCUT2D eigenvalue weighted by atomic mass is 19.1. The SMILES string of the molecule is C=C(N)C(C)(C)CC(N)CC.CC/C(=C\C(F)=C(/C)C(C)=O)c1ccc(CCC2CCN(CC(C)(C)F)CC2)c(C#N)c1. The minimum absolute atomic E-state index is 0.0184. The molecule has 0 bridgehead atoms. The van der Waals surface area contributed by atoms with Gasteiger partial charge in [-0.2, -0.15) is 5.26 Å². The number of halogens is 2. The summed E-state index contributed by atoms with van der Waals surface area (Å²) in [5, 5.41) is 9.68. The van der Waals surface area contributed by atoms with Crippen molar-refractivity contribution in [2.45, 2.75) is 112 Å². The molecule has 1 saturated heterocycles. The van der Waals surface area contributed by atoms with E-state index in [1.165, 1.54) is 19.9 Å². The molecule has 0 aliphatic carbocycles. The number of alkyl halides is 1. The molecular formula is C36H56F2N4O. The molecule has 1 fully saturated rings. The highest BCUT2D eigenvalue weighted by Crippen LogP contribution is 2.29. The minimum Gasteiger partial charge on any atom is -0.402 e. The van der Waals surface area contributed by atoms with Crippen LogP contribution in [0.3, 0.4) is 0 Å². The van der Waals surface area contributed by atoms with E-state index in [2.05, 4.69) is 38.3 Å². The van der Waals surface area contributed by atoms with E-state index < -0.39 is 11.5 Å². The third-order valence-electron chi connectivity index (χ3n) is 8.46. The van der Waals surface area contributed by atoms with E-state index in [0.29, 0.717) is 24.4 Å². The summed E-state index contributed by atoms with van der Waals surface area (Å²) in [7, 11) is 0. The first-order valence-electron chi connectivity index (χ1n) is 15.7. The summed E-state index contributed by atoms with van der Waals surface area (Å²) in [6.45, 7) is 20.3. The maximum absolute atomic E-state index is 14.4. The van der Waals surface area contributed by atoms with Crippen molar-refractivity contribution in [1.82, 2.24) is 4.90 Å². The largest absolute Gasteiger partial charge is 0.402 e. The third-order valence-corrected chi connectivity index (χ3v) is 8.46. The molecule has 240 valence electrons. The quantitative estimate of drug-likeness (QED) is 0.176. The first-order chi connectivity index (χ1) is 19.9. The van der Waals surface area contributed by atoms with Crippen LogP contribution in [0.4, 0.5) is 8.78 Å². The third kappa shape index (κ3) is 13.6. The number of benzene rings is 1. The number of rotatable bonds is 13. The summed E-state index contributed by atoms with van der Waals surface area (Å²) in [6.07, 6.45) is 7.85. The Kier molecular flexibility index (Phi) is 15.5. The summed E-state index contributed by atoms with van der Waals surface area (Å²) in [6, 6.07) is 8.27. The summed E-state index contributed by atoms with van der Waals surface area (Å²) in [4.78, 5) is 13.6. The number of nitrogens with two attached hydrogens (primary N) is 2. The molecule has 0 spiro atoms. The molecule has 1 atom stereocenters. The van der Waals surface area contributed by atoms with Crippen molar-refractivity contribution in [3.05, 3.63) is 64.6 Å². The predicted octanol–water partition coefficient (Wildman–Crippen LogP) is 8.19. The van der Waals surface area contributed by atoms with E-state index in [1.807, 2.05) is 25.1 Å². The summed E-state index contributed by atoms with van der Waals surface area (Å²) >= 11 is 0. The molecule has 2 rings (SSSR count). The number of likely N-dealkylation sites (tertiary alicyclic amines) is 1. The van der Waals surface area contributed by atoms with Crippen LogP contribution < -0.4 is 11.5 Å². The average molecular weight is 599 g/mol. The van der Waals surface area contributed by atoms with E-state index in [9.17, 15) is 18.8 Å². The zero-order chi connectivity index (χ0) is 33.0. The lowest BCUT2D eigenvalue weighted by Crippen LogP contribution is -2.41. The lowest BCUT2D eigenvalue weighted by molar-refractivity contribution is -0.113. The zero-order valence-corrected chi connectivity index (χ0v) is 28.0. The normalized spacial score (nSPS) is 16.5. The number of carbonyl (C=O) groups is 1. The van der Waals surface area contributed by atoms with E-state index in [-0.39, 0.29) is 22.8 Å². The number of aryl methyl sites for hydroxylation is 1. The molecule has 1 aromatic carbocycles. The molecule has 7 heteroatoms. The van der Waals surface area contributed by atoms with Crippen molar-refractivity contribution in [3.63, 3.8) is 0 Å². The number of carbonyl (C=O) groups excluding carboxylic acids is 1. The van der Waals surface area contributed by atoms with Crippen LogP contribution in [0.5, 0.6) is 0 Å². The van der Waals surface area contributed by atoms with Gasteiger partial charge in [0.15, 0.2) is 5.78 Å². The number of nitriles is 1. The number of ketones is 1. The van der Waals surface area contributed by atoms with E-state index >= 15 is 0 Å². The van der Waals surface area contributed by atoms with Gasteiger partial charge in [0.1, 0.15) is 11.5 Å². The number of hydrogen-bond acceptors (Lipinski definition) is 5. The minimum atomic E-state index is -1.16. The molecule has 0 amide bonds. The van der Waals surface area contributed by atoms with Crippen LogP contribution >= 0.6 is 0 Å². The number of Topliss-reactive ketones (excluding diaryl/α,β-unsaturated/α-hetero) is 1. The van der Waals surface area contributed by atoms with Gasteiger partial charge in [-0.05, 0) is 120 Å². The van der Waals surface area contributed by atoms with Crippen molar-refractivity contribution in [2.24, 2.45) is 22.8 Å². The fraction of sp³-hybridized carbons (Fsp3) is 0.611. The first kappa shape index (κ1) is 38.2. The van der Waals surface area contributed by atoms with E-state index in [1.54, 1.807) is 13.8 Å². The molecule has 5 nitrogen and oxygen atoms in total. The van der Waals surface area contributed by atoms with Gasteiger partial charge in [0.25, 0.3) is 0 Å². The molecular weight excluding hydrogens is 542 g/mol. The van der Waals surface area contributed by atoms with Crippen LogP contribution in [0, 0.1) is 22.7 Å². The van der Waals surface area contributed by atoms with Crippen LogP contribution in [0.25, 0.3) is 5.57 Å². The highest BCUT2D eigenvalue weighted by molar-refractivity contribution is 5.93. The second-order valence-electron chi connectivity index (χ2n) is 13.3. The zero-order valence-electron chi connectivity index (χ0n) is 28.0. The number of piperidine rings is 1. The van der Waals surface area contributed by atoms with Gasteiger partial charge >= 0.3 is 0 Å². The summed E-state index contributed by atoms with van der Waals surface area (Å²) < 4.78 is 28.2. The Hall–Kier alpha value is -2.82. The van der Waals surface area contributed by atoms with Gasteiger partial charge in [-0.25, -0.2) is 8.78 Å². The Morgan fingerprint density at radius 1 is 1.21 bits per heavy atom. The Morgan fingerprint density at radius 2 is 1.81 bits per heavy atom. The Bertz CT molecular complexity index is 1180. The van der Waals surface area contributed by atoms with Crippen molar-refractivity contribution < 1.29 is 13.6 Å². The molecule has 1 aromatic rings. The van der Waals surface area contributed by atoms with Crippen molar-refractivity contribution in [1.29, 1.82) is 5.26 Å². The van der Waals surface area contributed by atoms with Crippen molar-refractivity contribution in [3.8, 4) is 6.07 Å². The Morgan fingerprint density at radius 3 is 2.28 bits per heavy atom. The van der Waals surface area contributed by atoms with E-state index in [0.717, 1.165) is 74.0 Å². The second-order valence-corrected chi connectivity index (χ2v) is 13.3. The molecule has 0 saturated carbocycles. The molecule has 1 heterocycles. The van der Waals surface area contributed by atoms with Gasteiger partial charge < -0.3 is 16.4 Å². The highest BCUT2D eigenvalue weighted by Gasteiger charge is 2.25. The molecule has 1 unspecified atom stereocenters. The molecule has 0 radical (unpaired) electrons.